The van der Waals surface area contributed by atoms with Gasteiger partial charge in [-0.3, -0.25) is 14.2 Å². The molecule has 182 valence electrons. The van der Waals surface area contributed by atoms with Crippen LogP contribution in [0.15, 0.2) is 23.4 Å². The van der Waals surface area contributed by atoms with Gasteiger partial charge in [-0.05, 0) is 6.42 Å². The van der Waals surface area contributed by atoms with E-state index in [0.29, 0.717) is 10.3 Å². The number of ether oxygens (including phenoxy) is 2. The zero-order valence-corrected chi connectivity index (χ0v) is 16.9. The summed E-state index contributed by atoms with van der Waals surface area (Å²) in [5.41, 5.74) is 0.582. The molecule has 2 aromatic rings. The molecular weight excluding hydrogens is 464 g/mol. The zero-order chi connectivity index (χ0) is 24.2. The Morgan fingerprint density at radius 2 is 1.94 bits per heavy atom. The average molecular weight is 483 g/mol. The number of halogens is 6. The van der Waals surface area contributed by atoms with Crippen LogP contribution >= 0.6 is 0 Å². The van der Waals surface area contributed by atoms with Gasteiger partial charge in [-0.2, -0.15) is 18.3 Å². The Kier molecular flexibility index (Phi) is 7.41. The summed E-state index contributed by atoms with van der Waals surface area (Å²) in [5, 5.41) is 13.7. The van der Waals surface area contributed by atoms with Crippen molar-refractivity contribution in [2.24, 2.45) is 0 Å². The normalized spacial score (nSPS) is 18.7. The molecule has 0 aliphatic heterocycles. The highest BCUT2D eigenvalue weighted by atomic mass is 19.4. The summed E-state index contributed by atoms with van der Waals surface area (Å²) in [6, 6.07) is 0. The van der Waals surface area contributed by atoms with Crippen molar-refractivity contribution in [2.45, 2.75) is 50.6 Å². The van der Waals surface area contributed by atoms with Crippen LogP contribution in [0.2, 0.25) is 0 Å². The van der Waals surface area contributed by atoms with E-state index in [1.54, 1.807) is 0 Å². The number of aromatic nitrogens is 4. The van der Waals surface area contributed by atoms with Crippen LogP contribution in [-0.2, 0) is 20.8 Å². The van der Waals surface area contributed by atoms with E-state index in [-0.39, 0.29) is 49.8 Å². The van der Waals surface area contributed by atoms with Crippen molar-refractivity contribution in [3.05, 3.63) is 24.9 Å². The molecule has 2 heterocycles. The van der Waals surface area contributed by atoms with Crippen molar-refractivity contribution >= 4 is 11.5 Å². The van der Waals surface area contributed by atoms with Crippen LogP contribution in [0.4, 0.5) is 26.3 Å². The van der Waals surface area contributed by atoms with Crippen molar-refractivity contribution in [1.29, 1.82) is 0 Å². The summed E-state index contributed by atoms with van der Waals surface area (Å²) in [4.78, 5) is 11.8. The number of rotatable bonds is 10. The van der Waals surface area contributed by atoms with Gasteiger partial charge in [0, 0.05) is 31.2 Å². The predicted molar refractivity (Wildman–Crippen MR) is 98.1 cm³/mol. The van der Waals surface area contributed by atoms with E-state index in [2.05, 4.69) is 31.9 Å². The van der Waals surface area contributed by atoms with Gasteiger partial charge in [0.15, 0.2) is 0 Å². The lowest BCUT2D eigenvalue weighted by molar-refractivity contribution is -0.357. The van der Waals surface area contributed by atoms with Gasteiger partial charge in [0.1, 0.15) is 13.2 Å². The van der Waals surface area contributed by atoms with Crippen molar-refractivity contribution in [2.75, 3.05) is 13.2 Å². The maximum atomic E-state index is 12.4. The Bertz CT molecular complexity index is 964. The lowest BCUT2D eigenvalue weighted by Gasteiger charge is -2.34. The third kappa shape index (κ3) is 7.85. The quantitative estimate of drug-likeness (QED) is 0.518. The second-order valence-electron chi connectivity index (χ2n) is 7.25. The van der Waals surface area contributed by atoms with Gasteiger partial charge in [-0.25, -0.2) is 0 Å². The molecule has 1 aliphatic rings. The van der Waals surface area contributed by atoms with Crippen molar-refractivity contribution in [3.8, 4) is 11.5 Å². The number of carbonyl (C=O) groups excluding carboxylic acids is 1. The first-order valence-corrected chi connectivity index (χ1v) is 9.62. The summed E-state index contributed by atoms with van der Waals surface area (Å²) < 4.78 is 88.5. The molecule has 33 heavy (non-hydrogen) atoms. The number of nitrogens with one attached hydrogen (secondary N) is 1. The summed E-state index contributed by atoms with van der Waals surface area (Å²) in [7, 11) is 0. The minimum absolute atomic E-state index is 0.0367. The van der Waals surface area contributed by atoms with Crippen LogP contribution in [-0.4, -0.2) is 63.8 Å². The first-order valence-electron chi connectivity index (χ1n) is 9.62. The molecule has 1 amide bonds. The van der Waals surface area contributed by atoms with Crippen LogP contribution in [0.25, 0.3) is 17.0 Å². The number of nitrogens with zero attached hydrogens (tertiary/aromatic N) is 4. The van der Waals surface area contributed by atoms with Gasteiger partial charge >= 0.3 is 12.5 Å². The lowest BCUT2D eigenvalue weighted by Crippen LogP contribution is -2.42. The molecule has 2 aromatic heterocycles. The SMILES string of the molecule is C=C(CCNC(=O)COC1CC(OC(F)(F)F)C1)c1nnc(-c2cnn(CC(F)(F)F)c2)o1. The van der Waals surface area contributed by atoms with E-state index >= 15 is 0 Å². The molecule has 0 saturated heterocycles. The predicted octanol–water partition coefficient (Wildman–Crippen LogP) is 3.10. The molecule has 0 unspecified atom stereocenters. The molecule has 1 aliphatic carbocycles. The molecule has 1 fully saturated rings. The van der Waals surface area contributed by atoms with Gasteiger partial charge in [-0.15, -0.1) is 23.4 Å². The van der Waals surface area contributed by atoms with Crippen LogP contribution in [0.1, 0.15) is 25.2 Å². The topological polar surface area (TPSA) is 104 Å². The van der Waals surface area contributed by atoms with E-state index in [1.165, 1.54) is 0 Å². The Labute approximate surface area is 182 Å². The van der Waals surface area contributed by atoms with E-state index in [4.69, 9.17) is 9.15 Å². The molecule has 1 N–H and O–H groups in total. The van der Waals surface area contributed by atoms with E-state index in [0.717, 1.165) is 12.4 Å². The van der Waals surface area contributed by atoms with Gasteiger partial charge < -0.3 is 14.5 Å². The van der Waals surface area contributed by atoms with E-state index < -0.39 is 37.2 Å². The summed E-state index contributed by atoms with van der Waals surface area (Å²) in [6.07, 6.45) is -7.94. The zero-order valence-electron chi connectivity index (χ0n) is 16.9. The average Bonchev–Trinajstić information content (AvgIpc) is 3.30. The third-order valence-electron chi connectivity index (χ3n) is 4.50. The molecule has 0 spiro atoms. The Morgan fingerprint density at radius 1 is 1.21 bits per heavy atom. The first-order chi connectivity index (χ1) is 15.4. The van der Waals surface area contributed by atoms with Crippen LogP contribution in [0.3, 0.4) is 0 Å². The van der Waals surface area contributed by atoms with Gasteiger partial charge in [0.25, 0.3) is 5.89 Å². The molecule has 1 saturated carbocycles. The maximum Gasteiger partial charge on any atom is 0.522 e. The molecule has 0 radical (unpaired) electrons. The second-order valence-corrected chi connectivity index (χ2v) is 7.25. The highest BCUT2D eigenvalue weighted by Gasteiger charge is 2.40. The molecular formula is C18H19F6N5O4. The number of hydrogen-bond donors (Lipinski definition) is 1. The Hall–Kier alpha value is -2.94. The van der Waals surface area contributed by atoms with Crippen molar-refractivity contribution < 1.29 is 45.0 Å². The smallest absolute Gasteiger partial charge is 0.416 e. The van der Waals surface area contributed by atoms with Crippen molar-refractivity contribution in [1.82, 2.24) is 25.3 Å². The molecule has 15 heteroatoms. The number of amides is 1. The minimum atomic E-state index is -4.69. The van der Waals surface area contributed by atoms with Gasteiger partial charge in [0.05, 0.1) is 24.0 Å². The first kappa shape index (κ1) is 24.7. The Morgan fingerprint density at radius 3 is 2.61 bits per heavy atom. The standard InChI is InChI=1S/C18H19F6N5O4/c1-10(2-3-25-14(30)8-31-12-4-13(5-12)33-18(22,23)24)15-27-28-16(32-15)11-6-26-29(7-11)9-17(19,20)21/h6-7,12-13H,1-5,8-9H2,(H,25,30). The lowest BCUT2D eigenvalue weighted by atomic mass is 9.92. The maximum absolute atomic E-state index is 12.4. The molecule has 0 atom stereocenters. The summed E-state index contributed by atoms with van der Waals surface area (Å²) in [6.45, 7) is 2.33. The van der Waals surface area contributed by atoms with Crippen molar-refractivity contribution in [3.63, 3.8) is 0 Å². The monoisotopic (exact) mass is 483 g/mol. The van der Waals surface area contributed by atoms with Gasteiger partial charge in [-0.1, -0.05) is 6.58 Å². The fourth-order valence-electron chi connectivity index (χ4n) is 2.87. The molecule has 0 bridgehead atoms. The van der Waals surface area contributed by atoms with Crippen LogP contribution in [0, 0.1) is 0 Å². The molecule has 3 rings (SSSR count). The Balaban J connectivity index is 1.35. The largest absolute Gasteiger partial charge is 0.522 e. The minimum Gasteiger partial charge on any atom is -0.416 e. The fourth-order valence-corrected chi connectivity index (χ4v) is 2.87. The molecule has 9 nitrogen and oxygen atoms in total. The van der Waals surface area contributed by atoms with Crippen LogP contribution in [0.5, 0.6) is 0 Å². The highest BCUT2D eigenvalue weighted by molar-refractivity contribution is 5.77. The third-order valence-corrected chi connectivity index (χ3v) is 4.50. The summed E-state index contributed by atoms with van der Waals surface area (Å²) >= 11 is 0. The number of carbonyl (C=O) groups is 1. The van der Waals surface area contributed by atoms with Gasteiger partial charge in [0.2, 0.25) is 11.8 Å². The highest BCUT2D eigenvalue weighted by Crippen LogP contribution is 2.32. The van der Waals surface area contributed by atoms with E-state index in [9.17, 15) is 31.1 Å². The second kappa shape index (κ2) is 9.91. The van der Waals surface area contributed by atoms with Crippen LogP contribution < -0.4 is 5.32 Å². The fraction of sp³-hybridized carbons (Fsp3) is 0.556. The molecule has 0 aromatic carbocycles. The summed E-state index contributed by atoms with van der Waals surface area (Å²) in [5.74, 6) is -0.458. The van der Waals surface area contributed by atoms with E-state index in [1.807, 2.05) is 0 Å². The number of hydrogen-bond acceptors (Lipinski definition) is 7. The number of alkyl halides is 6.